The SMILES string of the molecule is COc1cc2c(cc1OCCCOc1cc3c(cc1OC)C(=O)N1Cc4ccccc4CC1C=N3)N=CC1CC(c3ccc(N)cc3)=CCN1C2=O. The molecule has 2 atom stereocenters. The van der Waals surface area contributed by atoms with E-state index in [-0.39, 0.29) is 23.9 Å². The highest BCUT2D eigenvalue weighted by Gasteiger charge is 2.34. The van der Waals surface area contributed by atoms with Gasteiger partial charge in [0.1, 0.15) is 0 Å². The van der Waals surface area contributed by atoms with Gasteiger partial charge in [0.2, 0.25) is 0 Å². The van der Waals surface area contributed by atoms with Gasteiger partial charge in [-0.25, -0.2) is 0 Å². The number of nitrogen functional groups attached to an aromatic ring is 1. The van der Waals surface area contributed by atoms with Crippen LogP contribution in [-0.2, 0) is 13.0 Å². The molecule has 4 heterocycles. The average Bonchev–Trinajstić information content (AvgIpc) is 3.39. The highest BCUT2D eigenvalue weighted by Crippen LogP contribution is 2.40. The van der Waals surface area contributed by atoms with Crippen molar-refractivity contribution >= 4 is 46.9 Å². The van der Waals surface area contributed by atoms with Gasteiger partial charge in [0.05, 0.1) is 62.0 Å². The number of fused-ring (bicyclic) bond motifs is 5. The molecule has 0 saturated heterocycles. The van der Waals surface area contributed by atoms with Gasteiger partial charge in [0.15, 0.2) is 23.0 Å². The van der Waals surface area contributed by atoms with Crippen molar-refractivity contribution in [1.82, 2.24) is 9.80 Å². The topological polar surface area (TPSA) is 128 Å². The number of hydrogen-bond acceptors (Lipinski definition) is 9. The van der Waals surface area contributed by atoms with Crippen LogP contribution >= 0.6 is 0 Å². The minimum Gasteiger partial charge on any atom is -0.493 e. The van der Waals surface area contributed by atoms with Gasteiger partial charge in [-0.3, -0.25) is 19.6 Å². The van der Waals surface area contributed by atoms with E-state index in [2.05, 4.69) is 18.2 Å². The zero-order valence-corrected chi connectivity index (χ0v) is 29.1. The van der Waals surface area contributed by atoms with Crippen LogP contribution in [0.25, 0.3) is 5.57 Å². The van der Waals surface area contributed by atoms with E-state index in [0.717, 1.165) is 23.1 Å². The molecule has 264 valence electrons. The van der Waals surface area contributed by atoms with Crippen LogP contribution in [0.4, 0.5) is 17.1 Å². The minimum atomic E-state index is -0.183. The van der Waals surface area contributed by atoms with E-state index in [1.807, 2.05) is 58.6 Å². The maximum Gasteiger partial charge on any atom is 0.257 e. The fourth-order valence-electron chi connectivity index (χ4n) is 7.23. The number of ether oxygens (including phenoxy) is 4. The van der Waals surface area contributed by atoms with Crippen molar-refractivity contribution < 1.29 is 28.5 Å². The molecule has 4 aromatic carbocycles. The summed E-state index contributed by atoms with van der Waals surface area (Å²) in [7, 11) is 3.11. The van der Waals surface area contributed by atoms with Crippen molar-refractivity contribution in [3.05, 3.63) is 107 Å². The summed E-state index contributed by atoms with van der Waals surface area (Å²) in [6.07, 6.45) is 7.70. The van der Waals surface area contributed by atoms with Gasteiger partial charge in [-0.05, 0) is 59.4 Å². The lowest BCUT2D eigenvalue weighted by Crippen LogP contribution is -2.44. The zero-order chi connectivity index (χ0) is 35.8. The lowest BCUT2D eigenvalue weighted by atomic mass is 9.94. The maximum absolute atomic E-state index is 13.7. The van der Waals surface area contributed by atoms with Gasteiger partial charge in [0, 0.05) is 49.8 Å². The zero-order valence-electron chi connectivity index (χ0n) is 29.1. The molecule has 0 aromatic heterocycles. The van der Waals surface area contributed by atoms with Crippen LogP contribution in [0.3, 0.4) is 0 Å². The maximum atomic E-state index is 13.7. The number of nitrogens with two attached hydrogens (primary N) is 1. The van der Waals surface area contributed by atoms with Crippen LogP contribution in [0.1, 0.15) is 50.2 Å². The second-order valence-electron chi connectivity index (χ2n) is 13.2. The largest absolute Gasteiger partial charge is 0.493 e. The number of carbonyl (C=O) groups excluding carboxylic acids is 2. The summed E-state index contributed by atoms with van der Waals surface area (Å²) in [5.74, 6) is 1.70. The first-order valence-corrected chi connectivity index (χ1v) is 17.4. The second kappa shape index (κ2) is 13.9. The summed E-state index contributed by atoms with van der Waals surface area (Å²) in [4.78, 5) is 40.6. The molecule has 0 saturated carbocycles. The summed E-state index contributed by atoms with van der Waals surface area (Å²) in [6, 6.07) is 22.6. The van der Waals surface area contributed by atoms with E-state index in [1.165, 1.54) is 5.56 Å². The van der Waals surface area contributed by atoms with Gasteiger partial charge in [-0.2, -0.15) is 0 Å². The molecule has 11 nitrogen and oxygen atoms in total. The molecular formula is C41H39N5O6. The number of benzene rings is 4. The third-order valence-corrected chi connectivity index (χ3v) is 10.1. The van der Waals surface area contributed by atoms with E-state index in [1.54, 1.807) is 38.5 Å². The predicted molar refractivity (Wildman–Crippen MR) is 200 cm³/mol. The third kappa shape index (κ3) is 6.23. The van der Waals surface area contributed by atoms with Crippen molar-refractivity contribution in [3.8, 4) is 23.0 Å². The summed E-state index contributed by atoms with van der Waals surface area (Å²) in [6.45, 7) is 1.64. The van der Waals surface area contributed by atoms with Crippen LogP contribution in [-0.4, -0.2) is 80.1 Å². The molecule has 0 radical (unpaired) electrons. The fourth-order valence-corrected chi connectivity index (χ4v) is 7.23. The highest BCUT2D eigenvalue weighted by molar-refractivity contribution is 6.05. The summed E-state index contributed by atoms with van der Waals surface area (Å²) in [5.41, 5.74) is 13.3. The predicted octanol–water partition coefficient (Wildman–Crippen LogP) is 6.43. The molecule has 0 fully saturated rings. The lowest BCUT2D eigenvalue weighted by Gasteiger charge is -2.34. The molecule has 4 aliphatic rings. The molecule has 2 amide bonds. The van der Waals surface area contributed by atoms with Gasteiger partial charge in [-0.1, -0.05) is 42.5 Å². The van der Waals surface area contributed by atoms with Gasteiger partial charge >= 0.3 is 0 Å². The van der Waals surface area contributed by atoms with Crippen LogP contribution in [0.15, 0.2) is 88.9 Å². The van der Waals surface area contributed by atoms with Crippen LogP contribution in [0.5, 0.6) is 23.0 Å². The number of rotatable bonds is 9. The Hall–Kier alpha value is -6.10. The van der Waals surface area contributed by atoms with Crippen molar-refractivity contribution in [2.45, 2.75) is 37.9 Å². The van der Waals surface area contributed by atoms with Crippen molar-refractivity contribution in [2.75, 3.05) is 39.7 Å². The van der Waals surface area contributed by atoms with E-state index in [0.29, 0.717) is 90.3 Å². The molecule has 0 spiro atoms. The number of carbonyl (C=O) groups is 2. The third-order valence-electron chi connectivity index (χ3n) is 10.1. The number of nitrogens with zero attached hydrogens (tertiary/aromatic N) is 4. The number of hydrogen-bond donors (Lipinski definition) is 1. The average molecular weight is 698 g/mol. The summed E-state index contributed by atoms with van der Waals surface area (Å²) in [5, 5.41) is 0. The molecular weight excluding hydrogens is 658 g/mol. The number of anilines is 1. The van der Waals surface area contributed by atoms with Gasteiger partial charge in [0.25, 0.3) is 11.8 Å². The molecule has 0 aliphatic carbocycles. The Kier molecular flexibility index (Phi) is 8.84. The van der Waals surface area contributed by atoms with Gasteiger partial charge < -0.3 is 34.5 Å². The molecule has 2 N–H and O–H groups in total. The Balaban J connectivity index is 0.920. The Morgan fingerprint density at radius 2 is 1.29 bits per heavy atom. The molecule has 52 heavy (non-hydrogen) atoms. The lowest BCUT2D eigenvalue weighted by molar-refractivity contribution is 0.0702. The molecule has 4 aliphatic heterocycles. The number of methoxy groups -OCH3 is 2. The van der Waals surface area contributed by atoms with Crippen molar-refractivity contribution in [2.24, 2.45) is 9.98 Å². The van der Waals surface area contributed by atoms with Crippen molar-refractivity contribution in [3.63, 3.8) is 0 Å². The number of aliphatic imine (C=N–C) groups is 2. The normalized spacial score (nSPS) is 18.5. The van der Waals surface area contributed by atoms with E-state index in [4.69, 9.17) is 34.7 Å². The summed E-state index contributed by atoms with van der Waals surface area (Å²) >= 11 is 0. The quantitative estimate of drug-likeness (QED) is 0.158. The Morgan fingerprint density at radius 1 is 0.712 bits per heavy atom. The van der Waals surface area contributed by atoms with E-state index >= 15 is 0 Å². The molecule has 8 rings (SSSR count). The monoisotopic (exact) mass is 697 g/mol. The Morgan fingerprint density at radius 3 is 1.90 bits per heavy atom. The van der Waals surface area contributed by atoms with E-state index in [9.17, 15) is 9.59 Å². The minimum absolute atomic E-state index is 0.0819. The Bertz CT molecular complexity index is 2140. The standard InChI is InChI=1S/C41H39N5O6/c1-49-36-18-32-34(43-22-30-17-27(12-13-45(30)40(32)47)25-8-10-29(42)11-9-25)20-38(36)51-14-5-15-52-39-21-35-33(19-37(39)50-2)41(48)46-24-28-7-4-3-6-26(28)16-31(46)23-44-35/h3-4,6-12,18-23,30-31H,5,13-17,24,42H2,1-2H3. The highest BCUT2D eigenvalue weighted by atomic mass is 16.5. The van der Waals surface area contributed by atoms with E-state index < -0.39 is 0 Å². The smallest absolute Gasteiger partial charge is 0.257 e. The first kappa shape index (κ1) is 33.1. The molecule has 0 bridgehead atoms. The van der Waals surface area contributed by atoms with Crippen LogP contribution < -0.4 is 24.7 Å². The first-order valence-electron chi connectivity index (χ1n) is 17.4. The van der Waals surface area contributed by atoms with Gasteiger partial charge in [-0.15, -0.1) is 0 Å². The number of amides is 2. The first-order chi connectivity index (χ1) is 25.4. The molecule has 11 heteroatoms. The van der Waals surface area contributed by atoms with Crippen LogP contribution in [0, 0.1) is 0 Å². The molecule has 2 unspecified atom stereocenters. The molecule has 4 aromatic rings. The second-order valence-corrected chi connectivity index (χ2v) is 13.2. The Labute approximate surface area is 302 Å². The fraction of sp³-hybridized carbons (Fsp3) is 0.268. The summed E-state index contributed by atoms with van der Waals surface area (Å²) < 4.78 is 23.6. The van der Waals surface area contributed by atoms with Crippen LogP contribution in [0.2, 0.25) is 0 Å². The van der Waals surface area contributed by atoms with Crippen molar-refractivity contribution in [1.29, 1.82) is 0 Å².